The molecule has 174 valence electrons. The topological polar surface area (TPSA) is 101 Å². The fourth-order valence-corrected chi connectivity index (χ4v) is 4.31. The maximum Gasteiger partial charge on any atom is 0.266 e. The first-order valence-corrected chi connectivity index (χ1v) is 11.3. The summed E-state index contributed by atoms with van der Waals surface area (Å²) in [5.41, 5.74) is 7.80. The monoisotopic (exact) mass is 464 g/mol. The molecule has 0 saturated carbocycles. The number of nitrogens with zero attached hydrogens (tertiary/aromatic N) is 2. The minimum absolute atomic E-state index is 0.135. The predicted molar refractivity (Wildman–Crippen MR) is 132 cm³/mol. The molecule has 3 aromatic carbocycles. The summed E-state index contributed by atoms with van der Waals surface area (Å²) in [5.74, 6) is 0.329. The van der Waals surface area contributed by atoms with Crippen LogP contribution in [0.1, 0.15) is 32.8 Å². The summed E-state index contributed by atoms with van der Waals surface area (Å²) in [5, 5.41) is 2.83. The highest BCUT2D eigenvalue weighted by molar-refractivity contribution is 6.09. The van der Waals surface area contributed by atoms with E-state index < -0.39 is 5.54 Å². The van der Waals surface area contributed by atoms with E-state index in [1.54, 1.807) is 36.6 Å². The van der Waals surface area contributed by atoms with Crippen molar-refractivity contribution in [2.45, 2.75) is 18.6 Å². The zero-order valence-corrected chi connectivity index (χ0v) is 18.9. The quantitative estimate of drug-likeness (QED) is 0.434. The number of hydrogen-bond donors (Lipinski definition) is 2. The van der Waals surface area contributed by atoms with Gasteiger partial charge in [0.1, 0.15) is 5.76 Å². The summed E-state index contributed by atoms with van der Waals surface area (Å²) in [7, 11) is 0. The average molecular weight is 465 g/mol. The number of benzene rings is 3. The number of carbonyl (C=O) groups excluding carboxylic acids is 2. The standard InChI is InChI=1S/C28H24N4O3/c29-27-31-28(22-11-3-1-4-12-22,23-13-5-2-6-14-23)26(34)32(27)19-20-9-7-10-21(17-20)25(33)30-18-24-15-8-16-35-24/h1-17H,18-19H2,(H2,29,31)(H,30,33). The summed E-state index contributed by atoms with van der Waals surface area (Å²) in [6, 6.07) is 29.5. The Morgan fingerprint density at radius 1 is 0.914 bits per heavy atom. The van der Waals surface area contributed by atoms with Crippen LogP contribution in [0.15, 0.2) is 113 Å². The van der Waals surface area contributed by atoms with Crippen molar-refractivity contribution < 1.29 is 14.0 Å². The number of amides is 2. The number of guanidine groups is 1. The molecule has 2 amide bonds. The first-order valence-electron chi connectivity index (χ1n) is 11.3. The van der Waals surface area contributed by atoms with Gasteiger partial charge in [-0.3, -0.25) is 14.5 Å². The van der Waals surface area contributed by atoms with Gasteiger partial charge in [0, 0.05) is 5.56 Å². The summed E-state index contributed by atoms with van der Waals surface area (Å²) in [6.07, 6.45) is 1.56. The van der Waals surface area contributed by atoms with Gasteiger partial charge in [-0.1, -0.05) is 72.8 Å². The summed E-state index contributed by atoms with van der Waals surface area (Å²) in [4.78, 5) is 32.8. The third-order valence-electron chi connectivity index (χ3n) is 6.03. The number of nitrogens with one attached hydrogen (secondary N) is 1. The molecule has 7 heteroatoms. The van der Waals surface area contributed by atoms with Crippen molar-refractivity contribution in [2.75, 3.05) is 0 Å². The fourth-order valence-electron chi connectivity index (χ4n) is 4.31. The third kappa shape index (κ3) is 4.19. The Bertz CT molecular complexity index is 1330. The van der Waals surface area contributed by atoms with Crippen LogP contribution < -0.4 is 11.1 Å². The molecule has 0 atom stereocenters. The summed E-state index contributed by atoms with van der Waals surface area (Å²) in [6.45, 7) is 0.478. The molecule has 3 N–H and O–H groups in total. The van der Waals surface area contributed by atoms with E-state index in [1.807, 2.05) is 66.7 Å². The van der Waals surface area contributed by atoms with Crippen LogP contribution in [0, 0.1) is 0 Å². The molecule has 1 aromatic heterocycles. The third-order valence-corrected chi connectivity index (χ3v) is 6.03. The lowest BCUT2D eigenvalue weighted by Crippen LogP contribution is -2.43. The van der Waals surface area contributed by atoms with Crippen molar-refractivity contribution in [2.24, 2.45) is 10.7 Å². The fraction of sp³-hybridized carbons (Fsp3) is 0.107. The molecule has 35 heavy (non-hydrogen) atoms. The number of hydrogen-bond acceptors (Lipinski definition) is 5. The second kappa shape index (κ2) is 9.30. The van der Waals surface area contributed by atoms with Crippen molar-refractivity contribution in [1.29, 1.82) is 0 Å². The second-order valence-electron chi connectivity index (χ2n) is 8.27. The number of nitrogens with two attached hydrogens (primary N) is 1. The van der Waals surface area contributed by atoms with Crippen LogP contribution >= 0.6 is 0 Å². The minimum atomic E-state index is -1.26. The van der Waals surface area contributed by atoms with E-state index in [0.29, 0.717) is 11.3 Å². The lowest BCUT2D eigenvalue weighted by atomic mass is 9.83. The maximum atomic E-state index is 13.9. The maximum absolute atomic E-state index is 13.9. The van der Waals surface area contributed by atoms with E-state index in [1.165, 1.54) is 4.90 Å². The van der Waals surface area contributed by atoms with Gasteiger partial charge in [0.15, 0.2) is 11.5 Å². The van der Waals surface area contributed by atoms with Crippen LogP contribution in [0.4, 0.5) is 0 Å². The van der Waals surface area contributed by atoms with Gasteiger partial charge in [0.2, 0.25) is 0 Å². The van der Waals surface area contributed by atoms with Gasteiger partial charge in [-0.15, -0.1) is 0 Å². The van der Waals surface area contributed by atoms with E-state index in [4.69, 9.17) is 15.1 Å². The molecular weight excluding hydrogens is 440 g/mol. The van der Waals surface area contributed by atoms with Gasteiger partial charge >= 0.3 is 0 Å². The van der Waals surface area contributed by atoms with Gasteiger partial charge in [-0.05, 0) is 41.0 Å². The molecule has 4 aromatic rings. The molecule has 0 radical (unpaired) electrons. The number of carbonyl (C=O) groups is 2. The number of aliphatic imine (C=N–C) groups is 1. The van der Waals surface area contributed by atoms with Crippen molar-refractivity contribution in [3.05, 3.63) is 131 Å². The van der Waals surface area contributed by atoms with Crippen molar-refractivity contribution in [1.82, 2.24) is 10.2 Å². The van der Waals surface area contributed by atoms with Crippen LogP contribution in [0.2, 0.25) is 0 Å². The normalized spacial score (nSPS) is 14.6. The van der Waals surface area contributed by atoms with E-state index in [-0.39, 0.29) is 30.9 Å². The van der Waals surface area contributed by atoms with E-state index in [9.17, 15) is 9.59 Å². The molecular formula is C28H24N4O3. The van der Waals surface area contributed by atoms with Crippen molar-refractivity contribution in [3.63, 3.8) is 0 Å². The highest BCUT2D eigenvalue weighted by Gasteiger charge is 2.50. The van der Waals surface area contributed by atoms with Crippen LogP contribution in [-0.4, -0.2) is 22.7 Å². The van der Waals surface area contributed by atoms with Gasteiger partial charge in [-0.25, -0.2) is 4.99 Å². The van der Waals surface area contributed by atoms with Crippen molar-refractivity contribution >= 4 is 17.8 Å². The Morgan fingerprint density at radius 2 is 1.60 bits per heavy atom. The molecule has 0 unspecified atom stereocenters. The first kappa shape index (κ1) is 22.2. The lowest BCUT2D eigenvalue weighted by molar-refractivity contribution is -0.130. The molecule has 0 fully saturated rings. The van der Waals surface area contributed by atoms with E-state index in [2.05, 4.69) is 5.32 Å². The molecule has 1 aliphatic rings. The highest BCUT2D eigenvalue weighted by Crippen LogP contribution is 2.39. The molecule has 0 spiro atoms. The predicted octanol–water partition coefficient (Wildman–Crippen LogP) is 3.81. The highest BCUT2D eigenvalue weighted by atomic mass is 16.3. The molecule has 0 bridgehead atoms. The van der Waals surface area contributed by atoms with Gasteiger partial charge < -0.3 is 15.5 Å². The van der Waals surface area contributed by atoms with Gasteiger partial charge in [-0.2, -0.15) is 0 Å². The van der Waals surface area contributed by atoms with E-state index in [0.717, 1.165) is 16.7 Å². The Kier molecular flexibility index (Phi) is 5.89. The molecule has 2 heterocycles. The van der Waals surface area contributed by atoms with Crippen LogP contribution in [0.25, 0.3) is 0 Å². The van der Waals surface area contributed by atoms with Gasteiger partial charge in [0.05, 0.1) is 19.4 Å². The molecule has 0 aliphatic carbocycles. The Hall–Kier alpha value is -4.65. The molecule has 0 saturated heterocycles. The Labute approximate surface area is 202 Å². The lowest BCUT2D eigenvalue weighted by Gasteiger charge is -2.27. The first-order chi connectivity index (χ1) is 17.1. The minimum Gasteiger partial charge on any atom is -0.467 e. The summed E-state index contributed by atoms with van der Waals surface area (Å²) < 4.78 is 5.26. The molecule has 5 rings (SSSR count). The molecule has 1 aliphatic heterocycles. The SMILES string of the molecule is NC1=NC(c2ccccc2)(c2ccccc2)C(=O)N1Cc1cccc(C(=O)NCc2ccco2)c1. The Balaban J connectivity index is 1.41. The zero-order chi connectivity index (χ0) is 24.3. The molecule has 7 nitrogen and oxygen atoms in total. The second-order valence-corrected chi connectivity index (χ2v) is 8.27. The van der Waals surface area contributed by atoms with Crippen molar-refractivity contribution in [3.8, 4) is 0 Å². The van der Waals surface area contributed by atoms with Crippen LogP contribution in [0.5, 0.6) is 0 Å². The average Bonchev–Trinajstić information content (AvgIpc) is 3.51. The summed E-state index contributed by atoms with van der Waals surface area (Å²) >= 11 is 0. The van der Waals surface area contributed by atoms with Crippen LogP contribution in [-0.2, 0) is 23.4 Å². The number of rotatable bonds is 7. The smallest absolute Gasteiger partial charge is 0.266 e. The zero-order valence-electron chi connectivity index (χ0n) is 18.9. The Morgan fingerprint density at radius 3 is 2.23 bits per heavy atom. The largest absolute Gasteiger partial charge is 0.467 e. The van der Waals surface area contributed by atoms with Gasteiger partial charge in [0.25, 0.3) is 11.8 Å². The van der Waals surface area contributed by atoms with E-state index >= 15 is 0 Å². The van der Waals surface area contributed by atoms with Crippen LogP contribution in [0.3, 0.4) is 0 Å². The number of furan rings is 1.